The maximum absolute atomic E-state index is 12.3. The van der Waals surface area contributed by atoms with Gasteiger partial charge in [0.2, 0.25) is 5.91 Å². The van der Waals surface area contributed by atoms with Crippen molar-refractivity contribution in [3.05, 3.63) is 35.4 Å². The topological polar surface area (TPSA) is 49.6 Å². The SMILES string of the molecule is Cc1ccccc1CCC(=O)N1CCN(CCCN)CC1. The van der Waals surface area contributed by atoms with Gasteiger partial charge < -0.3 is 10.6 Å². The van der Waals surface area contributed by atoms with E-state index in [9.17, 15) is 4.79 Å². The minimum atomic E-state index is 0.289. The van der Waals surface area contributed by atoms with Gasteiger partial charge in [-0.15, -0.1) is 0 Å². The van der Waals surface area contributed by atoms with Crippen molar-refractivity contribution in [3.8, 4) is 0 Å². The number of benzene rings is 1. The third-order valence-electron chi connectivity index (χ3n) is 4.27. The third-order valence-corrected chi connectivity index (χ3v) is 4.27. The average molecular weight is 289 g/mol. The summed E-state index contributed by atoms with van der Waals surface area (Å²) in [6.07, 6.45) is 2.51. The second kappa shape index (κ2) is 8.15. The van der Waals surface area contributed by atoms with Crippen LogP contribution in [0.25, 0.3) is 0 Å². The number of carbonyl (C=O) groups excluding carboxylic acids is 1. The van der Waals surface area contributed by atoms with Gasteiger partial charge in [-0.1, -0.05) is 24.3 Å². The number of hydrogen-bond acceptors (Lipinski definition) is 3. The number of aryl methyl sites for hydroxylation is 2. The van der Waals surface area contributed by atoms with E-state index in [-0.39, 0.29) is 5.91 Å². The van der Waals surface area contributed by atoms with Gasteiger partial charge in [0.25, 0.3) is 0 Å². The summed E-state index contributed by atoms with van der Waals surface area (Å²) in [5.41, 5.74) is 8.10. The van der Waals surface area contributed by atoms with E-state index in [2.05, 4.69) is 24.0 Å². The minimum Gasteiger partial charge on any atom is -0.340 e. The molecule has 4 nitrogen and oxygen atoms in total. The molecule has 2 N–H and O–H groups in total. The summed E-state index contributed by atoms with van der Waals surface area (Å²) < 4.78 is 0. The van der Waals surface area contributed by atoms with Crippen molar-refractivity contribution in [3.63, 3.8) is 0 Å². The first-order valence-corrected chi connectivity index (χ1v) is 7.95. The lowest BCUT2D eigenvalue weighted by Crippen LogP contribution is -2.49. The van der Waals surface area contributed by atoms with Crippen molar-refractivity contribution in [2.45, 2.75) is 26.2 Å². The summed E-state index contributed by atoms with van der Waals surface area (Å²) in [6.45, 7) is 7.59. The van der Waals surface area contributed by atoms with Crippen molar-refractivity contribution in [2.24, 2.45) is 5.73 Å². The number of carbonyl (C=O) groups is 1. The van der Waals surface area contributed by atoms with E-state index in [1.54, 1.807) is 0 Å². The standard InChI is InChI=1S/C17H27N3O/c1-15-5-2-3-6-16(15)7-8-17(21)20-13-11-19(12-14-20)10-4-9-18/h2-3,5-6H,4,7-14,18H2,1H3. The van der Waals surface area contributed by atoms with Crippen LogP contribution in [0.4, 0.5) is 0 Å². The van der Waals surface area contributed by atoms with E-state index in [0.717, 1.165) is 52.1 Å². The molecular weight excluding hydrogens is 262 g/mol. The molecule has 4 heteroatoms. The van der Waals surface area contributed by atoms with Crippen LogP contribution < -0.4 is 5.73 Å². The first-order chi connectivity index (χ1) is 10.2. The lowest BCUT2D eigenvalue weighted by atomic mass is 10.0. The molecule has 1 aliphatic heterocycles. The predicted molar refractivity (Wildman–Crippen MR) is 86.2 cm³/mol. The molecule has 0 bridgehead atoms. The average Bonchev–Trinajstić information content (AvgIpc) is 2.52. The number of hydrogen-bond donors (Lipinski definition) is 1. The highest BCUT2D eigenvalue weighted by molar-refractivity contribution is 5.76. The van der Waals surface area contributed by atoms with Gasteiger partial charge in [0.15, 0.2) is 0 Å². The van der Waals surface area contributed by atoms with Crippen LogP contribution in [0, 0.1) is 6.92 Å². The van der Waals surface area contributed by atoms with Crippen LogP contribution in [0.5, 0.6) is 0 Å². The van der Waals surface area contributed by atoms with E-state index in [4.69, 9.17) is 5.73 Å². The van der Waals surface area contributed by atoms with Gasteiger partial charge in [0.05, 0.1) is 0 Å². The molecule has 0 saturated carbocycles. The van der Waals surface area contributed by atoms with Crippen LogP contribution in [-0.2, 0) is 11.2 Å². The van der Waals surface area contributed by atoms with E-state index in [1.165, 1.54) is 11.1 Å². The smallest absolute Gasteiger partial charge is 0.222 e. The zero-order chi connectivity index (χ0) is 15.1. The van der Waals surface area contributed by atoms with Crippen molar-refractivity contribution < 1.29 is 4.79 Å². The second-order valence-corrected chi connectivity index (χ2v) is 5.79. The van der Waals surface area contributed by atoms with Crippen LogP contribution in [-0.4, -0.2) is 55.0 Å². The molecule has 0 atom stereocenters. The molecule has 1 aliphatic rings. The fraction of sp³-hybridized carbons (Fsp3) is 0.588. The largest absolute Gasteiger partial charge is 0.340 e. The second-order valence-electron chi connectivity index (χ2n) is 5.79. The lowest BCUT2D eigenvalue weighted by molar-refractivity contribution is -0.132. The summed E-state index contributed by atoms with van der Waals surface area (Å²) in [5.74, 6) is 0.289. The quantitative estimate of drug-likeness (QED) is 0.861. The Kier molecular flexibility index (Phi) is 6.21. The summed E-state index contributed by atoms with van der Waals surface area (Å²) in [5, 5.41) is 0. The Bertz CT molecular complexity index is 453. The Morgan fingerprint density at radius 2 is 1.90 bits per heavy atom. The highest BCUT2D eigenvalue weighted by atomic mass is 16.2. The summed E-state index contributed by atoms with van der Waals surface area (Å²) in [7, 11) is 0. The van der Waals surface area contributed by atoms with E-state index >= 15 is 0 Å². The van der Waals surface area contributed by atoms with E-state index < -0.39 is 0 Å². The van der Waals surface area contributed by atoms with E-state index in [0.29, 0.717) is 6.42 Å². The molecule has 21 heavy (non-hydrogen) atoms. The van der Waals surface area contributed by atoms with Crippen LogP contribution in [0.1, 0.15) is 24.0 Å². The zero-order valence-corrected chi connectivity index (χ0v) is 13.1. The molecule has 1 heterocycles. The first-order valence-electron chi connectivity index (χ1n) is 7.95. The summed E-state index contributed by atoms with van der Waals surface area (Å²) in [4.78, 5) is 16.7. The van der Waals surface area contributed by atoms with Gasteiger partial charge in [-0.2, -0.15) is 0 Å². The Morgan fingerprint density at radius 1 is 1.19 bits per heavy atom. The molecule has 0 aliphatic carbocycles. The number of rotatable bonds is 6. The van der Waals surface area contributed by atoms with Crippen LogP contribution >= 0.6 is 0 Å². The number of piperazine rings is 1. The van der Waals surface area contributed by atoms with Crippen LogP contribution in [0.15, 0.2) is 24.3 Å². The Hall–Kier alpha value is -1.39. The molecule has 1 saturated heterocycles. The number of amides is 1. The third kappa shape index (κ3) is 4.83. The molecular formula is C17H27N3O. The monoisotopic (exact) mass is 289 g/mol. The molecule has 1 amide bonds. The van der Waals surface area contributed by atoms with Crippen molar-refractivity contribution in [1.82, 2.24) is 9.80 Å². The maximum Gasteiger partial charge on any atom is 0.222 e. The molecule has 0 spiro atoms. The zero-order valence-electron chi connectivity index (χ0n) is 13.1. The highest BCUT2D eigenvalue weighted by Gasteiger charge is 2.20. The van der Waals surface area contributed by atoms with Crippen LogP contribution in [0.2, 0.25) is 0 Å². The first kappa shape index (κ1) is 16.0. The van der Waals surface area contributed by atoms with Crippen molar-refractivity contribution in [1.29, 1.82) is 0 Å². The minimum absolute atomic E-state index is 0.289. The molecule has 0 radical (unpaired) electrons. The lowest BCUT2D eigenvalue weighted by Gasteiger charge is -2.34. The molecule has 0 aromatic heterocycles. The normalized spacial score (nSPS) is 16.2. The molecule has 1 aromatic carbocycles. The van der Waals surface area contributed by atoms with Crippen molar-refractivity contribution in [2.75, 3.05) is 39.3 Å². The fourth-order valence-corrected chi connectivity index (χ4v) is 2.83. The van der Waals surface area contributed by atoms with Crippen molar-refractivity contribution >= 4 is 5.91 Å². The summed E-state index contributed by atoms with van der Waals surface area (Å²) >= 11 is 0. The van der Waals surface area contributed by atoms with Gasteiger partial charge in [-0.25, -0.2) is 0 Å². The molecule has 2 rings (SSSR count). The molecule has 116 valence electrons. The summed E-state index contributed by atoms with van der Waals surface area (Å²) in [6, 6.07) is 8.31. The Labute approximate surface area is 127 Å². The van der Waals surface area contributed by atoms with Gasteiger partial charge in [0.1, 0.15) is 0 Å². The van der Waals surface area contributed by atoms with Gasteiger partial charge in [-0.3, -0.25) is 9.69 Å². The Balaban J connectivity index is 1.74. The maximum atomic E-state index is 12.3. The number of nitrogens with zero attached hydrogens (tertiary/aromatic N) is 2. The fourth-order valence-electron chi connectivity index (χ4n) is 2.83. The Morgan fingerprint density at radius 3 is 2.57 bits per heavy atom. The van der Waals surface area contributed by atoms with E-state index in [1.807, 2.05) is 17.0 Å². The van der Waals surface area contributed by atoms with Gasteiger partial charge >= 0.3 is 0 Å². The van der Waals surface area contributed by atoms with Crippen LogP contribution in [0.3, 0.4) is 0 Å². The number of nitrogens with two attached hydrogens (primary N) is 1. The molecule has 1 fully saturated rings. The highest BCUT2D eigenvalue weighted by Crippen LogP contribution is 2.11. The molecule has 1 aromatic rings. The van der Waals surface area contributed by atoms with Gasteiger partial charge in [0, 0.05) is 32.6 Å². The molecule has 0 unspecified atom stereocenters. The van der Waals surface area contributed by atoms with Gasteiger partial charge in [-0.05, 0) is 44.0 Å². The predicted octanol–water partition coefficient (Wildman–Crippen LogP) is 1.42.